The zero-order chi connectivity index (χ0) is 14.1. The minimum absolute atomic E-state index is 0.0797. The molecule has 0 radical (unpaired) electrons. The summed E-state index contributed by atoms with van der Waals surface area (Å²) in [6.45, 7) is 4.06. The molecule has 4 heteroatoms. The number of hydrogen-bond acceptors (Lipinski definition) is 3. The molecule has 1 aromatic rings. The van der Waals surface area contributed by atoms with E-state index in [2.05, 4.69) is 10.5 Å². The van der Waals surface area contributed by atoms with E-state index >= 15 is 0 Å². The van der Waals surface area contributed by atoms with E-state index in [9.17, 15) is 4.79 Å². The van der Waals surface area contributed by atoms with Gasteiger partial charge >= 0.3 is 0 Å². The summed E-state index contributed by atoms with van der Waals surface area (Å²) in [4.78, 5) is 12.1. The van der Waals surface area contributed by atoms with Crippen molar-refractivity contribution in [2.45, 2.75) is 64.3 Å². The Bertz CT molecular complexity index is 475. The summed E-state index contributed by atoms with van der Waals surface area (Å²) in [6, 6.07) is 2.13. The fraction of sp³-hybridized carbons (Fsp3) is 0.750. The Hall–Kier alpha value is -1.32. The van der Waals surface area contributed by atoms with Crippen LogP contribution in [0.15, 0.2) is 10.6 Å². The number of hydrogen-bond donors (Lipinski definition) is 1. The molecule has 2 aliphatic rings. The van der Waals surface area contributed by atoms with Crippen molar-refractivity contribution in [3.05, 3.63) is 17.5 Å². The molecule has 3 rings (SSSR count). The van der Waals surface area contributed by atoms with Gasteiger partial charge in [0.25, 0.3) is 5.91 Å². The quantitative estimate of drug-likeness (QED) is 0.915. The highest BCUT2D eigenvalue weighted by Gasteiger charge is 2.44. The molecule has 0 unspecified atom stereocenters. The molecule has 1 heterocycles. The number of nitrogens with zero attached hydrogens (tertiary/aromatic N) is 1. The standard InChI is InChI=1S/C16H24N2O2/c1-10(2)15-9-14(18-20-15)16(19)17-13-8-12(13)11-6-4-3-5-7-11/h9-13H,3-8H2,1-2H3,(H,17,19)/t12-,13-/m1/s1. The number of rotatable bonds is 4. The summed E-state index contributed by atoms with van der Waals surface area (Å²) in [5.41, 5.74) is 0.419. The summed E-state index contributed by atoms with van der Waals surface area (Å²) < 4.78 is 5.18. The molecule has 2 saturated carbocycles. The van der Waals surface area contributed by atoms with E-state index in [1.165, 1.54) is 32.1 Å². The lowest BCUT2D eigenvalue weighted by Gasteiger charge is -2.21. The van der Waals surface area contributed by atoms with Crippen molar-refractivity contribution in [3.8, 4) is 0 Å². The second kappa shape index (κ2) is 5.58. The summed E-state index contributed by atoms with van der Waals surface area (Å²) in [5, 5.41) is 6.98. The Morgan fingerprint density at radius 3 is 2.75 bits per heavy atom. The fourth-order valence-corrected chi connectivity index (χ4v) is 3.37. The largest absolute Gasteiger partial charge is 0.360 e. The summed E-state index contributed by atoms with van der Waals surface area (Å²) in [6.07, 6.45) is 7.95. The predicted octanol–water partition coefficient (Wildman–Crippen LogP) is 3.50. The van der Waals surface area contributed by atoms with Crippen molar-refractivity contribution in [2.75, 3.05) is 0 Å². The van der Waals surface area contributed by atoms with Gasteiger partial charge in [-0.1, -0.05) is 51.1 Å². The third kappa shape index (κ3) is 2.89. The number of amides is 1. The lowest BCUT2D eigenvalue weighted by Crippen LogP contribution is -2.28. The highest BCUT2D eigenvalue weighted by atomic mass is 16.5. The Morgan fingerprint density at radius 1 is 1.35 bits per heavy atom. The van der Waals surface area contributed by atoms with Crippen molar-refractivity contribution in [3.63, 3.8) is 0 Å². The summed E-state index contributed by atoms with van der Waals surface area (Å²) in [5.74, 6) is 2.49. The highest BCUT2D eigenvalue weighted by Crippen LogP contribution is 2.44. The van der Waals surface area contributed by atoms with Crippen LogP contribution in [0.25, 0.3) is 0 Å². The lowest BCUT2D eigenvalue weighted by molar-refractivity contribution is 0.0937. The van der Waals surface area contributed by atoms with Gasteiger partial charge in [-0.15, -0.1) is 0 Å². The Balaban J connectivity index is 1.52. The molecule has 1 N–H and O–H groups in total. The van der Waals surface area contributed by atoms with Gasteiger partial charge in [0, 0.05) is 18.0 Å². The van der Waals surface area contributed by atoms with Gasteiger partial charge in [0.2, 0.25) is 0 Å². The van der Waals surface area contributed by atoms with Crippen LogP contribution >= 0.6 is 0 Å². The van der Waals surface area contributed by atoms with Crippen LogP contribution in [-0.4, -0.2) is 17.1 Å². The average molecular weight is 276 g/mol. The fourth-order valence-electron chi connectivity index (χ4n) is 3.37. The zero-order valence-corrected chi connectivity index (χ0v) is 12.4. The highest BCUT2D eigenvalue weighted by molar-refractivity contribution is 5.92. The molecule has 1 amide bonds. The molecule has 2 atom stereocenters. The first kappa shape index (κ1) is 13.7. The molecule has 2 aliphatic carbocycles. The molecular formula is C16H24N2O2. The SMILES string of the molecule is CC(C)c1cc(C(=O)N[C@@H]2C[C@@H]2C2CCCCC2)no1. The predicted molar refractivity (Wildman–Crippen MR) is 76.5 cm³/mol. The van der Waals surface area contributed by atoms with Gasteiger partial charge in [-0.2, -0.15) is 0 Å². The van der Waals surface area contributed by atoms with E-state index in [0.717, 1.165) is 18.1 Å². The van der Waals surface area contributed by atoms with E-state index in [4.69, 9.17) is 4.52 Å². The number of carbonyl (C=O) groups is 1. The van der Waals surface area contributed by atoms with Crippen LogP contribution in [0.5, 0.6) is 0 Å². The molecular weight excluding hydrogens is 252 g/mol. The zero-order valence-electron chi connectivity index (χ0n) is 12.4. The second-order valence-corrected chi connectivity index (χ2v) is 6.65. The molecule has 0 saturated heterocycles. The maximum Gasteiger partial charge on any atom is 0.273 e. The maximum atomic E-state index is 12.1. The van der Waals surface area contributed by atoms with Crippen molar-refractivity contribution in [1.82, 2.24) is 10.5 Å². The van der Waals surface area contributed by atoms with Crippen LogP contribution in [0.2, 0.25) is 0 Å². The smallest absolute Gasteiger partial charge is 0.273 e. The minimum atomic E-state index is -0.0797. The van der Waals surface area contributed by atoms with E-state index in [-0.39, 0.29) is 11.8 Å². The van der Waals surface area contributed by atoms with E-state index < -0.39 is 0 Å². The topological polar surface area (TPSA) is 55.1 Å². The van der Waals surface area contributed by atoms with Crippen molar-refractivity contribution >= 4 is 5.91 Å². The molecule has 0 spiro atoms. The van der Waals surface area contributed by atoms with E-state index in [0.29, 0.717) is 17.7 Å². The molecule has 2 fully saturated rings. The molecule has 0 aromatic carbocycles. The van der Waals surface area contributed by atoms with Gasteiger partial charge in [-0.25, -0.2) is 0 Å². The first-order valence-corrected chi connectivity index (χ1v) is 7.92. The van der Waals surface area contributed by atoms with Crippen LogP contribution < -0.4 is 5.32 Å². The van der Waals surface area contributed by atoms with Crippen LogP contribution in [0.3, 0.4) is 0 Å². The maximum absolute atomic E-state index is 12.1. The van der Waals surface area contributed by atoms with Gasteiger partial charge in [-0.05, 0) is 18.3 Å². The normalized spacial score (nSPS) is 26.8. The molecule has 0 bridgehead atoms. The van der Waals surface area contributed by atoms with Gasteiger partial charge in [0.1, 0.15) is 5.76 Å². The molecule has 1 aromatic heterocycles. The minimum Gasteiger partial charge on any atom is -0.360 e. The molecule has 0 aliphatic heterocycles. The van der Waals surface area contributed by atoms with Crippen molar-refractivity contribution in [2.24, 2.45) is 11.8 Å². The third-order valence-electron chi connectivity index (χ3n) is 4.74. The number of aromatic nitrogens is 1. The first-order chi connectivity index (χ1) is 9.65. The Labute approximate surface area is 120 Å². The van der Waals surface area contributed by atoms with E-state index in [1.54, 1.807) is 6.07 Å². The van der Waals surface area contributed by atoms with Gasteiger partial charge in [0.05, 0.1) is 0 Å². The Kier molecular flexibility index (Phi) is 3.81. The number of carbonyl (C=O) groups excluding carboxylic acids is 1. The number of nitrogens with one attached hydrogen (secondary N) is 1. The average Bonchev–Trinajstić information content (AvgIpc) is 3.02. The summed E-state index contributed by atoms with van der Waals surface area (Å²) in [7, 11) is 0. The molecule has 110 valence electrons. The molecule has 20 heavy (non-hydrogen) atoms. The van der Waals surface area contributed by atoms with Crippen LogP contribution in [-0.2, 0) is 0 Å². The van der Waals surface area contributed by atoms with Gasteiger partial charge in [-0.3, -0.25) is 4.79 Å². The Morgan fingerprint density at radius 2 is 2.10 bits per heavy atom. The lowest BCUT2D eigenvalue weighted by atomic mass is 9.85. The third-order valence-corrected chi connectivity index (χ3v) is 4.74. The van der Waals surface area contributed by atoms with Gasteiger partial charge < -0.3 is 9.84 Å². The second-order valence-electron chi connectivity index (χ2n) is 6.65. The monoisotopic (exact) mass is 276 g/mol. The van der Waals surface area contributed by atoms with Gasteiger partial charge in [0.15, 0.2) is 5.69 Å². The molecule has 4 nitrogen and oxygen atoms in total. The van der Waals surface area contributed by atoms with Crippen LogP contribution in [0.1, 0.15) is 74.5 Å². The van der Waals surface area contributed by atoms with Crippen LogP contribution in [0, 0.1) is 11.8 Å². The van der Waals surface area contributed by atoms with E-state index in [1.807, 2.05) is 13.8 Å². The van der Waals surface area contributed by atoms with Crippen molar-refractivity contribution < 1.29 is 9.32 Å². The first-order valence-electron chi connectivity index (χ1n) is 7.92. The summed E-state index contributed by atoms with van der Waals surface area (Å²) >= 11 is 0. The van der Waals surface area contributed by atoms with Crippen molar-refractivity contribution in [1.29, 1.82) is 0 Å². The van der Waals surface area contributed by atoms with Crippen LogP contribution in [0.4, 0.5) is 0 Å².